The van der Waals surface area contributed by atoms with E-state index in [0.717, 1.165) is 5.69 Å². The minimum atomic E-state index is -0.321. The van der Waals surface area contributed by atoms with Crippen LogP contribution in [0.4, 0.5) is 5.69 Å². The molecule has 1 heterocycles. The lowest BCUT2D eigenvalue weighted by atomic mass is 10.1. The van der Waals surface area contributed by atoms with Crippen LogP contribution in [0.2, 0.25) is 5.02 Å². The van der Waals surface area contributed by atoms with Gasteiger partial charge in [-0.1, -0.05) is 11.6 Å². The van der Waals surface area contributed by atoms with Gasteiger partial charge in [-0.05, 0) is 62.4 Å². The van der Waals surface area contributed by atoms with Crippen LogP contribution < -0.4 is 20.1 Å². The van der Waals surface area contributed by atoms with Gasteiger partial charge < -0.3 is 24.7 Å². The highest BCUT2D eigenvalue weighted by atomic mass is 35.5. The zero-order valence-corrected chi connectivity index (χ0v) is 18.3. The number of anilines is 1. The summed E-state index contributed by atoms with van der Waals surface area (Å²) in [7, 11) is 1.47. The van der Waals surface area contributed by atoms with Gasteiger partial charge in [0.15, 0.2) is 18.1 Å². The molecule has 0 bridgehead atoms. The Balaban J connectivity index is 1.76. The van der Waals surface area contributed by atoms with Gasteiger partial charge in [-0.15, -0.1) is 0 Å². The summed E-state index contributed by atoms with van der Waals surface area (Å²) in [5, 5.41) is 6.22. The number of methoxy groups -OCH3 is 1. The van der Waals surface area contributed by atoms with Gasteiger partial charge in [-0.2, -0.15) is 0 Å². The first-order chi connectivity index (χ1) is 14.9. The molecule has 2 N–H and O–H groups in total. The van der Waals surface area contributed by atoms with Gasteiger partial charge in [-0.25, -0.2) is 0 Å². The van der Waals surface area contributed by atoms with Crippen LogP contribution >= 0.6 is 11.6 Å². The number of hydrogen-bond donors (Lipinski definition) is 2. The molecule has 0 aliphatic rings. The number of nitrogens with zero attached hydrogens (tertiary/aromatic N) is 1. The second kappa shape index (κ2) is 10.0. The summed E-state index contributed by atoms with van der Waals surface area (Å²) < 4.78 is 12.7. The number of amides is 2. The van der Waals surface area contributed by atoms with E-state index in [0.29, 0.717) is 27.8 Å². The van der Waals surface area contributed by atoms with E-state index in [9.17, 15) is 9.59 Å². The summed E-state index contributed by atoms with van der Waals surface area (Å²) in [6.45, 7) is 3.59. The molecule has 0 saturated carbocycles. The fraction of sp³-hybridized carbons (Fsp3) is 0.217. The first-order valence-electron chi connectivity index (χ1n) is 9.72. The van der Waals surface area contributed by atoms with Crippen LogP contribution in [0.25, 0.3) is 5.69 Å². The van der Waals surface area contributed by atoms with Crippen LogP contribution in [0.15, 0.2) is 60.9 Å². The Morgan fingerprint density at radius 2 is 1.81 bits per heavy atom. The van der Waals surface area contributed by atoms with Crippen molar-refractivity contribution in [3.8, 4) is 17.2 Å². The summed E-state index contributed by atoms with van der Waals surface area (Å²) in [5.41, 5.74) is 1.73. The van der Waals surface area contributed by atoms with Crippen LogP contribution in [-0.2, 0) is 4.79 Å². The fourth-order valence-electron chi connectivity index (χ4n) is 2.95. The number of rotatable bonds is 8. The maximum Gasteiger partial charge on any atom is 0.258 e. The van der Waals surface area contributed by atoms with E-state index in [2.05, 4.69) is 10.6 Å². The van der Waals surface area contributed by atoms with Crippen LogP contribution in [-0.4, -0.2) is 36.1 Å². The molecule has 31 heavy (non-hydrogen) atoms. The van der Waals surface area contributed by atoms with Gasteiger partial charge in [0.05, 0.1) is 18.5 Å². The molecule has 3 aromatic rings. The summed E-state index contributed by atoms with van der Waals surface area (Å²) >= 11 is 6.14. The highest BCUT2D eigenvalue weighted by Gasteiger charge is 2.15. The summed E-state index contributed by atoms with van der Waals surface area (Å²) in [6.07, 6.45) is 3.73. The Kier molecular flexibility index (Phi) is 7.20. The minimum Gasteiger partial charge on any atom is -0.493 e. The molecule has 2 amide bonds. The molecule has 8 heteroatoms. The Bertz CT molecular complexity index is 1060. The molecule has 0 atom stereocenters. The lowest BCUT2D eigenvalue weighted by Gasteiger charge is -2.15. The molecule has 0 saturated heterocycles. The largest absolute Gasteiger partial charge is 0.493 e. The van der Waals surface area contributed by atoms with E-state index < -0.39 is 0 Å². The average molecular weight is 442 g/mol. The lowest BCUT2D eigenvalue weighted by Crippen LogP contribution is -2.34. The monoisotopic (exact) mass is 441 g/mol. The van der Waals surface area contributed by atoms with E-state index >= 15 is 0 Å². The number of carbonyl (C=O) groups excluding carboxylic acids is 2. The van der Waals surface area contributed by atoms with Crippen molar-refractivity contribution in [2.45, 2.75) is 19.9 Å². The summed E-state index contributed by atoms with van der Waals surface area (Å²) in [5.74, 6) is 0.168. The van der Waals surface area contributed by atoms with Crippen molar-refractivity contribution < 1.29 is 19.1 Å². The normalized spacial score (nSPS) is 10.6. The molecule has 0 fully saturated rings. The Morgan fingerprint density at radius 3 is 2.48 bits per heavy atom. The predicted molar refractivity (Wildman–Crippen MR) is 120 cm³/mol. The van der Waals surface area contributed by atoms with Crippen molar-refractivity contribution in [1.29, 1.82) is 0 Å². The minimum absolute atomic E-state index is 0.0216. The van der Waals surface area contributed by atoms with Crippen molar-refractivity contribution in [3.63, 3.8) is 0 Å². The van der Waals surface area contributed by atoms with Crippen LogP contribution in [0, 0.1) is 0 Å². The summed E-state index contributed by atoms with van der Waals surface area (Å²) in [6, 6.07) is 13.8. The number of halogens is 1. The zero-order chi connectivity index (χ0) is 22.4. The topological polar surface area (TPSA) is 81.6 Å². The number of nitrogens with one attached hydrogen (secondary N) is 2. The van der Waals surface area contributed by atoms with E-state index in [-0.39, 0.29) is 24.5 Å². The van der Waals surface area contributed by atoms with Crippen molar-refractivity contribution in [2.75, 3.05) is 19.0 Å². The maximum absolute atomic E-state index is 12.9. The molecule has 0 aliphatic heterocycles. The molecule has 7 nitrogen and oxygen atoms in total. The summed E-state index contributed by atoms with van der Waals surface area (Å²) in [4.78, 5) is 24.7. The molecule has 3 rings (SSSR count). The Hall–Kier alpha value is -3.45. The second-order valence-electron chi connectivity index (χ2n) is 7.08. The standard InChI is InChI=1S/C23H24ClN3O4/c1-15(2)25-22(28)14-31-20-9-6-16(12-21(20)30-3)23(29)26-18-8-7-17(24)13-19(18)27-10-4-5-11-27/h4-13,15H,14H2,1-3H3,(H,25,28)(H,26,29). The molecule has 0 unspecified atom stereocenters. The molecule has 2 aromatic carbocycles. The van der Waals surface area contributed by atoms with Gasteiger partial charge >= 0.3 is 0 Å². The third kappa shape index (κ3) is 5.79. The maximum atomic E-state index is 12.9. The average Bonchev–Trinajstić information content (AvgIpc) is 3.27. The third-order valence-electron chi connectivity index (χ3n) is 4.32. The highest BCUT2D eigenvalue weighted by Crippen LogP contribution is 2.29. The van der Waals surface area contributed by atoms with Crippen molar-refractivity contribution >= 4 is 29.1 Å². The molecule has 162 valence electrons. The number of ether oxygens (including phenoxy) is 2. The number of carbonyl (C=O) groups is 2. The number of benzene rings is 2. The van der Waals surface area contributed by atoms with Crippen LogP contribution in [0.3, 0.4) is 0 Å². The van der Waals surface area contributed by atoms with Crippen molar-refractivity contribution in [1.82, 2.24) is 9.88 Å². The smallest absolute Gasteiger partial charge is 0.258 e. The van der Waals surface area contributed by atoms with E-state index in [4.69, 9.17) is 21.1 Å². The van der Waals surface area contributed by atoms with E-state index in [1.54, 1.807) is 36.4 Å². The molecule has 0 aliphatic carbocycles. The molecular weight excluding hydrogens is 418 g/mol. The molecule has 0 radical (unpaired) electrons. The predicted octanol–water partition coefficient (Wildman–Crippen LogP) is 4.30. The van der Waals surface area contributed by atoms with Gasteiger partial charge in [0.25, 0.3) is 11.8 Å². The van der Waals surface area contributed by atoms with Gasteiger partial charge in [-0.3, -0.25) is 9.59 Å². The number of hydrogen-bond acceptors (Lipinski definition) is 4. The van der Waals surface area contributed by atoms with Gasteiger partial charge in [0, 0.05) is 29.0 Å². The van der Waals surface area contributed by atoms with Gasteiger partial charge in [0.2, 0.25) is 0 Å². The quantitative estimate of drug-likeness (QED) is 0.546. The fourth-order valence-corrected chi connectivity index (χ4v) is 3.12. The SMILES string of the molecule is COc1cc(C(=O)Nc2ccc(Cl)cc2-n2cccc2)ccc1OCC(=O)NC(C)C. The number of aromatic nitrogens is 1. The third-order valence-corrected chi connectivity index (χ3v) is 4.56. The first-order valence-corrected chi connectivity index (χ1v) is 10.1. The Labute approximate surface area is 185 Å². The molecule has 1 aromatic heterocycles. The van der Waals surface area contributed by atoms with Crippen LogP contribution in [0.1, 0.15) is 24.2 Å². The Morgan fingerprint density at radius 1 is 1.06 bits per heavy atom. The lowest BCUT2D eigenvalue weighted by molar-refractivity contribution is -0.123. The van der Waals surface area contributed by atoms with E-state index in [1.807, 2.05) is 42.9 Å². The van der Waals surface area contributed by atoms with Crippen molar-refractivity contribution in [3.05, 3.63) is 71.5 Å². The first kappa shape index (κ1) is 22.2. The van der Waals surface area contributed by atoms with E-state index in [1.165, 1.54) is 7.11 Å². The molecule has 0 spiro atoms. The zero-order valence-electron chi connectivity index (χ0n) is 17.5. The second-order valence-corrected chi connectivity index (χ2v) is 7.52. The van der Waals surface area contributed by atoms with Crippen molar-refractivity contribution in [2.24, 2.45) is 0 Å². The molecular formula is C23H24ClN3O4. The van der Waals surface area contributed by atoms with Crippen LogP contribution in [0.5, 0.6) is 11.5 Å². The highest BCUT2D eigenvalue weighted by molar-refractivity contribution is 6.31. The van der Waals surface area contributed by atoms with Gasteiger partial charge in [0.1, 0.15) is 0 Å².